The van der Waals surface area contributed by atoms with Gasteiger partial charge in [-0.25, -0.2) is 0 Å². The van der Waals surface area contributed by atoms with Gasteiger partial charge in [-0.05, 0) is 23.9 Å². The molecule has 2 heteroatoms. The van der Waals surface area contributed by atoms with Crippen molar-refractivity contribution >= 4 is 17.2 Å². The minimum Gasteiger partial charge on any atom is -0.353 e. The van der Waals surface area contributed by atoms with Gasteiger partial charge in [-0.2, -0.15) is 0 Å². The van der Waals surface area contributed by atoms with Crippen molar-refractivity contribution in [2.24, 2.45) is 5.41 Å². The zero-order chi connectivity index (χ0) is 19.3. The summed E-state index contributed by atoms with van der Waals surface area (Å²) in [7, 11) is 0. The van der Waals surface area contributed by atoms with E-state index >= 15 is 0 Å². The Balaban J connectivity index is 1.89. The molecule has 0 aromatic heterocycles. The summed E-state index contributed by atoms with van der Waals surface area (Å²) in [4.78, 5) is 1.86. The van der Waals surface area contributed by atoms with Crippen LogP contribution in [0.3, 0.4) is 0 Å². The van der Waals surface area contributed by atoms with E-state index in [1.807, 2.05) is 36.4 Å². The fourth-order valence-electron chi connectivity index (χ4n) is 3.69. The molecule has 118 valence electrons. The zero-order valence-corrected chi connectivity index (χ0v) is 13.9. The van der Waals surface area contributed by atoms with Crippen LogP contribution in [0.15, 0.2) is 60.7 Å². The molecule has 3 atom stereocenters. The van der Waals surface area contributed by atoms with Gasteiger partial charge in [-0.1, -0.05) is 92.1 Å². The number of thiocarbonyl (C=S) groups is 1. The van der Waals surface area contributed by atoms with Crippen molar-refractivity contribution in [1.82, 2.24) is 4.90 Å². The van der Waals surface area contributed by atoms with E-state index in [1.165, 1.54) is 4.90 Å². The summed E-state index contributed by atoms with van der Waals surface area (Å²) in [6.45, 7) is -1.92. The molecule has 1 unspecified atom stereocenters. The van der Waals surface area contributed by atoms with Crippen LogP contribution in [0, 0.1) is 5.41 Å². The molecule has 1 spiro atoms. The minimum absolute atomic E-state index is 0.426. The summed E-state index contributed by atoms with van der Waals surface area (Å²) >= 11 is 5.76. The number of hydrogen-bond acceptors (Lipinski definition) is 1. The van der Waals surface area contributed by atoms with Crippen molar-refractivity contribution in [2.75, 3.05) is 0 Å². The third kappa shape index (κ3) is 2.49. The van der Waals surface area contributed by atoms with Crippen LogP contribution in [0.2, 0.25) is 0 Å². The van der Waals surface area contributed by atoms with E-state index < -0.39 is 24.3 Å². The molecule has 4 rings (SSSR count). The molecular weight excluding hydrogens is 298 g/mol. The molecule has 1 heterocycles. The number of nitrogens with zero attached hydrogens (tertiary/aromatic N) is 1. The molecule has 2 fully saturated rings. The number of likely N-dealkylation sites (tertiary alicyclic amines) is 1. The van der Waals surface area contributed by atoms with E-state index in [0.717, 1.165) is 12.8 Å². The zero-order valence-electron chi connectivity index (χ0n) is 17.0. The van der Waals surface area contributed by atoms with Crippen LogP contribution in [-0.4, -0.2) is 9.89 Å². The normalized spacial score (nSPS) is 36.6. The maximum atomic E-state index is 9.55. The van der Waals surface area contributed by atoms with Gasteiger partial charge < -0.3 is 4.90 Å². The molecule has 2 aromatic rings. The Hall–Kier alpha value is -1.67. The third-order valence-electron chi connectivity index (χ3n) is 4.81. The highest BCUT2D eigenvalue weighted by atomic mass is 32.1. The Morgan fingerprint density at radius 1 is 1.09 bits per heavy atom. The van der Waals surface area contributed by atoms with Gasteiger partial charge in [0, 0.05) is 13.3 Å². The summed E-state index contributed by atoms with van der Waals surface area (Å²) in [6, 6.07) is 16.9. The highest BCUT2D eigenvalue weighted by Gasteiger charge is 2.57. The predicted molar refractivity (Wildman–Crippen MR) is 99.3 cm³/mol. The second kappa shape index (κ2) is 6.09. The Bertz CT molecular complexity index is 844. The first kappa shape index (κ1) is 11.0. The standard InChI is InChI=1S/C21H23NS/c23-20-21(14-8-3-9-15-21)19(18-12-6-2-7-13-18)22(20)16-17-10-4-1-5-11-17/h1-2,4-7,10-13,19H,3,8-9,14-16H2/t19-/m0/s1/i14D,16D2,19D/t14-,19-,21?. The van der Waals surface area contributed by atoms with Crippen LogP contribution in [0.1, 0.15) is 54.7 Å². The Kier molecular flexibility index (Phi) is 2.91. The van der Waals surface area contributed by atoms with Crippen LogP contribution < -0.4 is 0 Å². The van der Waals surface area contributed by atoms with Gasteiger partial charge in [-0.3, -0.25) is 0 Å². The average molecular weight is 326 g/mol. The lowest BCUT2D eigenvalue weighted by Crippen LogP contribution is -2.62. The molecule has 0 bridgehead atoms. The molecule has 0 radical (unpaired) electrons. The topological polar surface area (TPSA) is 3.24 Å². The lowest BCUT2D eigenvalue weighted by atomic mass is 9.60. The van der Waals surface area contributed by atoms with E-state index in [1.54, 1.807) is 24.3 Å². The van der Waals surface area contributed by atoms with Crippen molar-refractivity contribution < 1.29 is 5.48 Å². The summed E-state index contributed by atoms with van der Waals surface area (Å²) in [5.74, 6) is 0. The fourth-order valence-corrected chi connectivity index (χ4v) is 4.11. The second-order valence-electron chi connectivity index (χ2n) is 6.25. The predicted octanol–water partition coefficient (Wildman–Crippen LogP) is 5.52. The molecule has 0 amide bonds. The maximum Gasteiger partial charge on any atom is 0.0874 e. The first-order valence-electron chi connectivity index (χ1n) is 10.3. The van der Waals surface area contributed by atoms with Crippen molar-refractivity contribution in [2.45, 2.75) is 44.6 Å². The molecule has 2 aromatic carbocycles. The molecule has 1 aliphatic heterocycles. The largest absolute Gasteiger partial charge is 0.353 e. The molecule has 1 saturated carbocycles. The summed E-state index contributed by atoms with van der Waals surface area (Å²) in [5, 5.41) is 0. The Labute approximate surface area is 149 Å². The van der Waals surface area contributed by atoms with Crippen LogP contribution in [0.25, 0.3) is 0 Å². The Morgan fingerprint density at radius 3 is 2.48 bits per heavy atom. The van der Waals surface area contributed by atoms with Gasteiger partial charge in [-0.15, -0.1) is 0 Å². The molecule has 23 heavy (non-hydrogen) atoms. The summed E-state index contributed by atoms with van der Waals surface area (Å²) in [5.41, 5.74) is 0.369. The van der Waals surface area contributed by atoms with Gasteiger partial charge >= 0.3 is 0 Å². The maximum absolute atomic E-state index is 9.55. The highest BCUT2D eigenvalue weighted by Crippen LogP contribution is 2.58. The number of rotatable bonds is 3. The number of benzene rings is 2. The van der Waals surface area contributed by atoms with Crippen molar-refractivity contribution in [1.29, 1.82) is 0 Å². The van der Waals surface area contributed by atoms with Crippen LogP contribution in [0.5, 0.6) is 0 Å². The van der Waals surface area contributed by atoms with Crippen molar-refractivity contribution in [3.63, 3.8) is 0 Å². The highest BCUT2D eigenvalue weighted by molar-refractivity contribution is 7.80. The molecular formula is C21H23NS. The SMILES string of the molecule is [2H][C@H]1CCCCC12C(=S)N(C([2H])([2H])c1ccccc1)[C@@]2([2H])c1ccccc1. The van der Waals surface area contributed by atoms with E-state index in [2.05, 4.69) is 0 Å². The lowest BCUT2D eigenvalue weighted by molar-refractivity contribution is 0.0460. The van der Waals surface area contributed by atoms with E-state index in [4.69, 9.17) is 16.3 Å². The molecule has 0 N–H and O–H groups in total. The second-order valence-corrected chi connectivity index (χ2v) is 6.64. The van der Waals surface area contributed by atoms with Crippen LogP contribution in [0.4, 0.5) is 0 Å². The van der Waals surface area contributed by atoms with Crippen molar-refractivity contribution in [3.8, 4) is 0 Å². The quantitative estimate of drug-likeness (QED) is 0.683. The fraction of sp³-hybridized carbons (Fsp3) is 0.381. The van der Waals surface area contributed by atoms with Gasteiger partial charge in [0.15, 0.2) is 0 Å². The van der Waals surface area contributed by atoms with Gasteiger partial charge in [0.25, 0.3) is 0 Å². The molecule has 2 aliphatic rings. The summed E-state index contributed by atoms with van der Waals surface area (Å²) < 4.78 is 36.0. The first-order valence-corrected chi connectivity index (χ1v) is 8.66. The van der Waals surface area contributed by atoms with Crippen molar-refractivity contribution in [3.05, 3.63) is 71.8 Å². The number of hydrogen-bond donors (Lipinski definition) is 0. The summed E-state index contributed by atoms with van der Waals surface area (Å²) in [6.07, 6.45) is 2.77. The van der Waals surface area contributed by atoms with E-state index in [0.29, 0.717) is 29.0 Å². The van der Waals surface area contributed by atoms with Crippen LogP contribution >= 0.6 is 12.2 Å². The molecule has 1 nitrogen and oxygen atoms in total. The molecule has 1 aliphatic carbocycles. The smallest absolute Gasteiger partial charge is 0.0874 e. The minimum atomic E-state index is -1.92. The van der Waals surface area contributed by atoms with Crippen LogP contribution in [-0.2, 0) is 6.50 Å². The van der Waals surface area contributed by atoms with Gasteiger partial charge in [0.05, 0.1) is 15.1 Å². The van der Waals surface area contributed by atoms with E-state index in [9.17, 15) is 1.37 Å². The first-order chi connectivity index (χ1) is 12.9. The monoisotopic (exact) mass is 325 g/mol. The third-order valence-corrected chi connectivity index (χ3v) is 5.36. The average Bonchev–Trinajstić information content (AvgIpc) is 2.69. The molecule has 1 saturated heterocycles. The van der Waals surface area contributed by atoms with E-state index in [-0.39, 0.29) is 0 Å². The Morgan fingerprint density at radius 2 is 1.78 bits per heavy atom. The van der Waals surface area contributed by atoms with Gasteiger partial charge in [0.1, 0.15) is 0 Å². The lowest BCUT2D eigenvalue weighted by Gasteiger charge is -2.61. The van der Waals surface area contributed by atoms with Gasteiger partial charge in [0.2, 0.25) is 0 Å².